The topological polar surface area (TPSA) is 46.9 Å². The number of carbonyl (C=O) groups is 1. The van der Waals surface area contributed by atoms with Crippen molar-refractivity contribution >= 4 is 41.2 Å². The summed E-state index contributed by atoms with van der Waals surface area (Å²) in [7, 11) is 0. The first-order valence-electron chi connectivity index (χ1n) is 9.20. The third-order valence-corrected chi connectivity index (χ3v) is 7.32. The molecule has 0 aliphatic carbocycles. The summed E-state index contributed by atoms with van der Waals surface area (Å²) in [4.78, 5) is 12.3. The average molecular weight is 408 g/mol. The summed E-state index contributed by atoms with van der Waals surface area (Å²) >= 11 is 3.96. The molecule has 0 radical (unpaired) electrons. The Morgan fingerprint density at radius 2 is 1.93 bits per heavy atom. The molecule has 2 aromatic carbocycles. The van der Waals surface area contributed by atoms with Crippen LogP contribution in [0.1, 0.15) is 22.1 Å². The molecule has 1 aliphatic rings. The van der Waals surface area contributed by atoms with Gasteiger partial charge in [0.05, 0.1) is 16.5 Å². The number of para-hydroxylation sites is 1. The fourth-order valence-electron chi connectivity index (χ4n) is 2.94. The van der Waals surface area contributed by atoms with Crippen molar-refractivity contribution in [3.63, 3.8) is 0 Å². The van der Waals surface area contributed by atoms with E-state index >= 15 is 0 Å². The highest BCUT2D eigenvalue weighted by atomic mass is 32.2. The standard InChI is InChI=1S/C22H21N3OS2/c26-21(11-10-17-15-23-25(16-17)20-8-2-1-3-9-20)24-19-7-4-6-18(14-19)22-27-12-5-13-28-22/h1-4,6-11,14-16,22H,5,12-13H2,(H,24,26)/b11-10+. The number of anilines is 1. The van der Waals surface area contributed by atoms with E-state index in [-0.39, 0.29) is 5.91 Å². The number of thioether (sulfide) groups is 2. The maximum Gasteiger partial charge on any atom is 0.248 e. The van der Waals surface area contributed by atoms with E-state index in [0.717, 1.165) is 16.9 Å². The number of nitrogens with one attached hydrogen (secondary N) is 1. The van der Waals surface area contributed by atoms with Crippen LogP contribution in [-0.2, 0) is 4.79 Å². The summed E-state index contributed by atoms with van der Waals surface area (Å²) in [5.41, 5.74) is 3.96. The Kier molecular flexibility index (Phi) is 6.19. The molecule has 6 heteroatoms. The summed E-state index contributed by atoms with van der Waals surface area (Å²) in [5.74, 6) is 2.26. The van der Waals surface area contributed by atoms with Gasteiger partial charge in [-0.05, 0) is 53.8 Å². The lowest BCUT2D eigenvalue weighted by Crippen LogP contribution is -2.08. The van der Waals surface area contributed by atoms with Crippen LogP contribution in [0.4, 0.5) is 5.69 Å². The number of rotatable bonds is 5. The monoisotopic (exact) mass is 407 g/mol. The minimum atomic E-state index is -0.145. The molecule has 28 heavy (non-hydrogen) atoms. The zero-order valence-electron chi connectivity index (χ0n) is 15.3. The first kappa shape index (κ1) is 18.9. The zero-order valence-corrected chi connectivity index (χ0v) is 17.0. The molecule has 4 rings (SSSR count). The van der Waals surface area contributed by atoms with Crippen LogP contribution >= 0.6 is 23.5 Å². The summed E-state index contributed by atoms with van der Waals surface area (Å²) in [6, 6.07) is 18.0. The van der Waals surface area contributed by atoms with Crippen molar-refractivity contribution in [2.45, 2.75) is 11.0 Å². The number of aromatic nitrogens is 2. The van der Waals surface area contributed by atoms with Crippen molar-refractivity contribution < 1.29 is 4.79 Å². The quantitative estimate of drug-likeness (QED) is 0.576. The van der Waals surface area contributed by atoms with Crippen LogP contribution in [0.5, 0.6) is 0 Å². The summed E-state index contributed by atoms with van der Waals surface area (Å²) in [6.07, 6.45) is 8.24. The lowest BCUT2D eigenvalue weighted by molar-refractivity contribution is -0.111. The first-order chi connectivity index (χ1) is 13.8. The highest BCUT2D eigenvalue weighted by Crippen LogP contribution is 2.44. The van der Waals surface area contributed by atoms with Gasteiger partial charge in [-0.15, -0.1) is 23.5 Å². The van der Waals surface area contributed by atoms with E-state index in [4.69, 9.17) is 0 Å². The molecule has 3 aromatic rings. The number of carbonyl (C=O) groups excluding carboxylic acids is 1. The fraction of sp³-hybridized carbons (Fsp3) is 0.182. The van der Waals surface area contributed by atoms with E-state index in [1.54, 1.807) is 23.0 Å². The summed E-state index contributed by atoms with van der Waals surface area (Å²) in [6.45, 7) is 0. The van der Waals surface area contributed by atoms with Crippen LogP contribution in [0.3, 0.4) is 0 Å². The van der Waals surface area contributed by atoms with Crippen molar-refractivity contribution in [1.29, 1.82) is 0 Å². The molecule has 0 atom stereocenters. The SMILES string of the molecule is O=C(/C=C/c1cnn(-c2ccccc2)c1)Nc1cccc(C2SCCCS2)c1. The Morgan fingerprint density at radius 3 is 2.75 bits per heavy atom. The molecule has 0 spiro atoms. The van der Waals surface area contributed by atoms with E-state index in [1.807, 2.05) is 72.2 Å². The van der Waals surface area contributed by atoms with Crippen LogP contribution in [-0.4, -0.2) is 27.2 Å². The van der Waals surface area contributed by atoms with E-state index in [1.165, 1.54) is 23.5 Å². The van der Waals surface area contributed by atoms with Gasteiger partial charge >= 0.3 is 0 Å². The van der Waals surface area contributed by atoms with E-state index in [0.29, 0.717) is 4.58 Å². The predicted octanol–water partition coefficient (Wildman–Crippen LogP) is 5.39. The highest BCUT2D eigenvalue weighted by Gasteiger charge is 2.16. The van der Waals surface area contributed by atoms with Crippen LogP contribution in [0.25, 0.3) is 11.8 Å². The Morgan fingerprint density at radius 1 is 1.11 bits per heavy atom. The van der Waals surface area contributed by atoms with Gasteiger partial charge in [0.15, 0.2) is 0 Å². The first-order valence-corrected chi connectivity index (χ1v) is 11.3. The van der Waals surface area contributed by atoms with E-state index in [9.17, 15) is 4.79 Å². The molecular weight excluding hydrogens is 386 g/mol. The minimum Gasteiger partial charge on any atom is -0.323 e. The second-order valence-electron chi connectivity index (χ2n) is 6.43. The largest absolute Gasteiger partial charge is 0.323 e. The second kappa shape index (κ2) is 9.17. The molecule has 0 saturated carbocycles. The lowest BCUT2D eigenvalue weighted by atomic mass is 10.2. The van der Waals surface area contributed by atoms with Gasteiger partial charge in [-0.25, -0.2) is 4.68 Å². The number of benzene rings is 2. The highest BCUT2D eigenvalue weighted by molar-refractivity contribution is 8.16. The number of nitrogens with zero attached hydrogens (tertiary/aromatic N) is 2. The van der Waals surface area contributed by atoms with Crippen molar-refractivity contribution in [3.05, 3.63) is 84.2 Å². The number of amides is 1. The van der Waals surface area contributed by atoms with Crippen molar-refractivity contribution in [2.75, 3.05) is 16.8 Å². The van der Waals surface area contributed by atoms with Gasteiger partial charge in [-0.1, -0.05) is 30.3 Å². The molecule has 0 unspecified atom stereocenters. The third kappa shape index (κ3) is 4.88. The Hall–Kier alpha value is -2.44. The number of hydrogen-bond acceptors (Lipinski definition) is 4. The maximum atomic E-state index is 12.3. The van der Waals surface area contributed by atoms with E-state index < -0.39 is 0 Å². The molecular formula is C22H21N3OS2. The molecule has 1 amide bonds. The van der Waals surface area contributed by atoms with E-state index in [2.05, 4.69) is 22.5 Å². The van der Waals surface area contributed by atoms with Gasteiger partial charge in [0.1, 0.15) is 0 Å². The van der Waals surface area contributed by atoms with Crippen LogP contribution in [0.15, 0.2) is 73.1 Å². The molecule has 142 valence electrons. The zero-order chi connectivity index (χ0) is 19.2. The van der Waals surface area contributed by atoms with Crippen molar-refractivity contribution in [3.8, 4) is 5.69 Å². The van der Waals surface area contributed by atoms with Crippen molar-refractivity contribution in [1.82, 2.24) is 9.78 Å². The van der Waals surface area contributed by atoms with Gasteiger partial charge in [-0.2, -0.15) is 5.10 Å². The Bertz CT molecular complexity index is 963. The van der Waals surface area contributed by atoms with Crippen LogP contribution in [0, 0.1) is 0 Å². The van der Waals surface area contributed by atoms with Gasteiger partial charge in [0, 0.05) is 23.5 Å². The average Bonchev–Trinajstić information content (AvgIpc) is 3.23. The maximum absolute atomic E-state index is 12.3. The molecule has 1 saturated heterocycles. The summed E-state index contributed by atoms with van der Waals surface area (Å²) in [5, 5.41) is 7.30. The molecule has 4 nitrogen and oxygen atoms in total. The Labute approximate surface area is 173 Å². The molecule has 2 heterocycles. The normalized spacial score (nSPS) is 15.0. The van der Waals surface area contributed by atoms with Gasteiger partial charge in [-0.3, -0.25) is 4.79 Å². The van der Waals surface area contributed by atoms with Crippen molar-refractivity contribution in [2.24, 2.45) is 0 Å². The third-order valence-electron chi connectivity index (χ3n) is 4.30. The van der Waals surface area contributed by atoms with Gasteiger partial charge < -0.3 is 5.32 Å². The van der Waals surface area contributed by atoms with Crippen LogP contribution < -0.4 is 5.32 Å². The smallest absolute Gasteiger partial charge is 0.248 e. The fourth-order valence-corrected chi connectivity index (χ4v) is 5.82. The summed E-state index contributed by atoms with van der Waals surface area (Å²) < 4.78 is 2.26. The molecule has 1 N–H and O–H groups in total. The Balaban J connectivity index is 1.38. The minimum absolute atomic E-state index is 0.145. The second-order valence-corrected chi connectivity index (χ2v) is 9.15. The molecule has 0 bridgehead atoms. The lowest BCUT2D eigenvalue weighted by Gasteiger charge is -2.21. The molecule has 1 fully saturated rings. The van der Waals surface area contributed by atoms with Gasteiger partial charge in [0.2, 0.25) is 5.91 Å². The van der Waals surface area contributed by atoms with Crippen LogP contribution in [0.2, 0.25) is 0 Å². The molecule has 1 aromatic heterocycles. The molecule has 1 aliphatic heterocycles. The predicted molar refractivity (Wildman–Crippen MR) is 120 cm³/mol. The van der Waals surface area contributed by atoms with Gasteiger partial charge in [0.25, 0.3) is 0 Å². The number of hydrogen-bond donors (Lipinski definition) is 1.